The number of nitrogens with two attached hydrogens (primary N) is 1. The maximum Gasteiger partial charge on any atom is 0.129 e. The number of rotatable bonds is 2. The molecule has 1 fully saturated rings. The lowest BCUT2D eigenvalue weighted by Gasteiger charge is -2.45. The van der Waals surface area contributed by atoms with E-state index >= 15 is 0 Å². The van der Waals surface area contributed by atoms with E-state index in [1.807, 2.05) is 6.07 Å². The topological polar surface area (TPSA) is 46.2 Å². The molecule has 0 aromatic heterocycles. The molecule has 3 heteroatoms. The van der Waals surface area contributed by atoms with E-state index in [2.05, 4.69) is 0 Å². The van der Waals surface area contributed by atoms with E-state index in [-0.39, 0.29) is 17.3 Å². The smallest absolute Gasteiger partial charge is 0.129 e. The van der Waals surface area contributed by atoms with Crippen LogP contribution in [0.1, 0.15) is 24.0 Å². The molecule has 0 bridgehead atoms. The molecule has 0 heterocycles. The first-order valence-electron chi connectivity index (χ1n) is 5.23. The van der Waals surface area contributed by atoms with Gasteiger partial charge in [-0.25, -0.2) is 4.39 Å². The van der Waals surface area contributed by atoms with Crippen molar-refractivity contribution in [2.45, 2.75) is 31.3 Å². The predicted molar refractivity (Wildman–Crippen MR) is 57.1 cm³/mol. The van der Waals surface area contributed by atoms with Crippen molar-refractivity contribution in [3.05, 3.63) is 35.1 Å². The van der Waals surface area contributed by atoms with Crippen molar-refractivity contribution in [1.29, 1.82) is 0 Å². The van der Waals surface area contributed by atoms with Gasteiger partial charge in [0.25, 0.3) is 0 Å². The zero-order valence-electron chi connectivity index (χ0n) is 8.83. The van der Waals surface area contributed by atoms with Crippen LogP contribution in [0.25, 0.3) is 0 Å². The third kappa shape index (κ3) is 1.56. The van der Waals surface area contributed by atoms with Gasteiger partial charge in [0, 0.05) is 12.0 Å². The molecule has 1 aliphatic carbocycles. The summed E-state index contributed by atoms with van der Waals surface area (Å²) in [6.45, 7) is 2.14. The van der Waals surface area contributed by atoms with Crippen molar-refractivity contribution in [3.63, 3.8) is 0 Å². The molecule has 1 saturated carbocycles. The van der Waals surface area contributed by atoms with Crippen molar-refractivity contribution in [3.8, 4) is 0 Å². The molecule has 1 aliphatic rings. The Kier molecular flexibility index (Phi) is 2.52. The van der Waals surface area contributed by atoms with Crippen LogP contribution in [-0.4, -0.2) is 17.8 Å². The number of aliphatic hydroxyl groups excluding tert-OH is 1. The predicted octanol–water partition coefficient (Wildman–Crippen LogP) is 1.49. The Morgan fingerprint density at radius 1 is 1.53 bits per heavy atom. The minimum Gasteiger partial charge on any atom is -0.393 e. The zero-order chi connectivity index (χ0) is 11.1. The van der Waals surface area contributed by atoms with E-state index in [4.69, 9.17) is 5.73 Å². The Bertz CT molecular complexity index is 372. The first-order valence-corrected chi connectivity index (χ1v) is 5.23. The van der Waals surface area contributed by atoms with Gasteiger partial charge in [0.2, 0.25) is 0 Å². The normalized spacial score (nSPS) is 30.0. The van der Waals surface area contributed by atoms with Crippen LogP contribution in [0.2, 0.25) is 0 Å². The van der Waals surface area contributed by atoms with Gasteiger partial charge in [0.05, 0.1) is 6.10 Å². The summed E-state index contributed by atoms with van der Waals surface area (Å²) < 4.78 is 13.9. The highest BCUT2D eigenvalue weighted by atomic mass is 19.1. The number of benzene rings is 1. The van der Waals surface area contributed by atoms with Gasteiger partial charge in [0.15, 0.2) is 0 Å². The van der Waals surface area contributed by atoms with Crippen molar-refractivity contribution < 1.29 is 9.50 Å². The molecule has 15 heavy (non-hydrogen) atoms. The summed E-state index contributed by atoms with van der Waals surface area (Å²) in [6.07, 6.45) is 0.821. The Labute approximate surface area is 88.9 Å². The molecule has 0 spiro atoms. The molecule has 0 amide bonds. The van der Waals surface area contributed by atoms with Crippen LogP contribution in [0.3, 0.4) is 0 Å². The average Bonchev–Trinajstić information content (AvgIpc) is 2.17. The summed E-state index contributed by atoms with van der Waals surface area (Å²) in [5.41, 5.74) is 6.67. The van der Waals surface area contributed by atoms with Gasteiger partial charge in [0.1, 0.15) is 5.82 Å². The fourth-order valence-electron chi connectivity index (χ4n) is 2.40. The van der Waals surface area contributed by atoms with Crippen LogP contribution in [0.5, 0.6) is 0 Å². The highest BCUT2D eigenvalue weighted by Gasteiger charge is 2.45. The van der Waals surface area contributed by atoms with Crippen LogP contribution >= 0.6 is 0 Å². The molecule has 1 aromatic carbocycles. The molecule has 0 saturated heterocycles. The number of aryl methyl sites for hydroxylation is 1. The van der Waals surface area contributed by atoms with Gasteiger partial charge in [-0.1, -0.05) is 18.2 Å². The van der Waals surface area contributed by atoms with E-state index in [1.54, 1.807) is 19.1 Å². The van der Waals surface area contributed by atoms with Gasteiger partial charge >= 0.3 is 0 Å². The molecule has 3 N–H and O–H groups in total. The number of hydrogen-bond donors (Lipinski definition) is 2. The minimum atomic E-state index is -0.338. The lowest BCUT2D eigenvalue weighted by atomic mass is 9.62. The molecule has 82 valence electrons. The Morgan fingerprint density at radius 3 is 2.73 bits per heavy atom. The molecule has 2 rings (SSSR count). The van der Waals surface area contributed by atoms with Gasteiger partial charge < -0.3 is 10.8 Å². The van der Waals surface area contributed by atoms with Crippen LogP contribution < -0.4 is 5.73 Å². The molecule has 1 aromatic rings. The molecular formula is C12H16FNO. The summed E-state index contributed by atoms with van der Waals surface area (Å²) >= 11 is 0. The molecular weight excluding hydrogens is 193 g/mol. The fraction of sp³-hybridized carbons (Fsp3) is 0.500. The number of aliphatic hydroxyl groups is 1. The third-order valence-corrected chi connectivity index (χ3v) is 3.41. The van der Waals surface area contributed by atoms with Crippen molar-refractivity contribution in [1.82, 2.24) is 0 Å². The minimum absolute atomic E-state index is 0.171. The highest BCUT2D eigenvalue weighted by molar-refractivity contribution is 5.35. The molecule has 2 nitrogen and oxygen atoms in total. The van der Waals surface area contributed by atoms with Crippen molar-refractivity contribution >= 4 is 0 Å². The number of halogens is 1. The van der Waals surface area contributed by atoms with Crippen molar-refractivity contribution in [2.24, 2.45) is 5.73 Å². The Morgan fingerprint density at radius 2 is 2.20 bits per heavy atom. The Hall–Kier alpha value is -0.930. The van der Waals surface area contributed by atoms with Gasteiger partial charge in [-0.15, -0.1) is 0 Å². The molecule has 0 atom stereocenters. The second-order valence-electron chi connectivity index (χ2n) is 4.48. The van der Waals surface area contributed by atoms with E-state index in [1.165, 1.54) is 0 Å². The van der Waals surface area contributed by atoms with E-state index in [0.717, 1.165) is 0 Å². The zero-order valence-corrected chi connectivity index (χ0v) is 8.83. The van der Waals surface area contributed by atoms with Crippen LogP contribution in [0.15, 0.2) is 18.2 Å². The monoisotopic (exact) mass is 209 g/mol. The van der Waals surface area contributed by atoms with Crippen LogP contribution in [-0.2, 0) is 5.41 Å². The lowest BCUT2D eigenvalue weighted by molar-refractivity contribution is 0.0204. The molecule has 0 aliphatic heterocycles. The van der Waals surface area contributed by atoms with Crippen LogP contribution in [0.4, 0.5) is 4.39 Å². The van der Waals surface area contributed by atoms with E-state index in [9.17, 15) is 9.50 Å². The summed E-state index contributed by atoms with van der Waals surface area (Å²) in [5.74, 6) is -0.171. The standard InChI is InChI=1S/C12H16FNO/c1-8-3-2-4-10(11(8)13)12(7-14)5-9(15)6-12/h2-4,9,15H,5-7,14H2,1H3. The van der Waals surface area contributed by atoms with Gasteiger partial charge in [-0.2, -0.15) is 0 Å². The quantitative estimate of drug-likeness (QED) is 0.775. The first-order chi connectivity index (χ1) is 7.09. The van der Waals surface area contributed by atoms with E-state index < -0.39 is 0 Å². The SMILES string of the molecule is Cc1cccc(C2(CN)CC(O)C2)c1F. The summed E-state index contributed by atoms with van der Waals surface area (Å²) in [6, 6.07) is 5.37. The maximum atomic E-state index is 13.9. The number of hydrogen-bond acceptors (Lipinski definition) is 2. The summed E-state index contributed by atoms with van der Waals surface area (Å²) in [5, 5.41) is 9.36. The van der Waals surface area contributed by atoms with Crippen LogP contribution in [0, 0.1) is 12.7 Å². The fourth-order valence-corrected chi connectivity index (χ4v) is 2.40. The summed E-state index contributed by atoms with van der Waals surface area (Å²) in [4.78, 5) is 0. The van der Waals surface area contributed by atoms with Crippen molar-refractivity contribution in [2.75, 3.05) is 6.54 Å². The highest BCUT2D eigenvalue weighted by Crippen LogP contribution is 2.44. The molecule has 0 unspecified atom stereocenters. The lowest BCUT2D eigenvalue weighted by Crippen LogP contribution is -2.50. The van der Waals surface area contributed by atoms with E-state index in [0.29, 0.717) is 30.5 Å². The average molecular weight is 209 g/mol. The summed E-state index contributed by atoms with van der Waals surface area (Å²) in [7, 11) is 0. The van der Waals surface area contributed by atoms with Gasteiger partial charge in [-0.05, 0) is 30.9 Å². The molecule has 0 radical (unpaired) electrons. The largest absolute Gasteiger partial charge is 0.393 e. The first kappa shape index (κ1) is 10.6. The second-order valence-corrected chi connectivity index (χ2v) is 4.48. The Balaban J connectivity index is 2.40. The van der Waals surface area contributed by atoms with Gasteiger partial charge in [-0.3, -0.25) is 0 Å². The second kappa shape index (κ2) is 3.58. The maximum absolute atomic E-state index is 13.9. The third-order valence-electron chi connectivity index (χ3n) is 3.41.